The molecule has 1 N–H and O–H groups in total. The SMILES string of the molecule is [O-][P+]1(c2cccc(-c3ccccc3)c2O)N(c2ccccc2)C[C@@H]2CCCN21. The second-order valence-corrected chi connectivity index (χ2v) is 10.0. The van der Waals surface area contributed by atoms with Crippen LogP contribution in [0.4, 0.5) is 5.69 Å². The second kappa shape index (κ2) is 6.89. The van der Waals surface area contributed by atoms with Crippen LogP contribution in [0.15, 0.2) is 78.9 Å². The fraction of sp³-hybridized carbons (Fsp3) is 0.217. The van der Waals surface area contributed by atoms with Crippen molar-refractivity contribution in [3.63, 3.8) is 0 Å². The van der Waals surface area contributed by atoms with Crippen molar-refractivity contribution < 1.29 is 10.00 Å². The number of rotatable bonds is 3. The standard InChI is InChI=1S/C23H23N2O2P/c26-23-21(18-9-3-1-4-10-18)14-7-15-22(23)28(27)24-16-8-13-20(24)17-25(28)19-11-5-2-6-12-19/h1-7,9-12,14-15,20,26H,8,13,16-17H2/t20-,28?/m0/s1. The summed E-state index contributed by atoms with van der Waals surface area (Å²) < 4.78 is 4.17. The molecule has 0 amide bonds. The van der Waals surface area contributed by atoms with Crippen molar-refractivity contribution in [1.29, 1.82) is 0 Å². The van der Waals surface area contributed by atoms with Crippen molar-refractivity contribution in [2.75, 3.05) is 17.8 Å². The van der Waals surface area contributed by atoms with Crippen LogP contribution in [0, 0.1) is 0 Å². The number of fused-ring (bicyclic) bond motifs is 1. The minimum Gasteiger partial charge on any atom is -0.642 e. The van der Waals surface area contributed by atoms with Gasteiger partial charge < -0.3 is 10.00 Å². The summed E-state index contributed by atoms with van der Waals surface area (Å²) in [5.41, 5.74) is 2.60. The molecular formula is C23H23N2O2P. The maximum Gasteiger partial charge on any atom is 0.172 e. The van der Waals surface area contributed by atoms with Crippen LogP contribution in [0.1, 0.15) is 12.8 Å². The Bertz CT molecular complexity index is 982. The Morgan fingerprint density at radius 2 is 1.61 bits per heavy atom. The molecule has 2 atom stereocenters. The molecule has 5 rings (SSSR count). The van der Waals surface area contributed by atoms with E-state index in [0.717, 1.165) is 42.7 Å². The van der Waals surface area contributed by atoms with E-state index in [1.165, 1.54) is 0 Å². The number of para-hydroxylation sites is 2. The summed E-state index contributed by atoms with van der Waals surface area (Å²) in [5, 5.41) is 11.8. The predicted molar refractivity (Wildman–Crippen MR) is 114 cm³/mol. The van der Waals surface area contributed by atoms with Crippen LogP contribution in [0.5, 0.6) is 5.75 Å². The van der Waals surface area contributed by atoms with E-state index in [-0.39, 0.29) is 11.8 Å². The van der Waals surface area contributed by atoms with E-state index in [4.69, 9.17) is 0 Å². The number of nitrogens with zero attached hydrogens (tertiary/aromatic N) is 2. The van der Waals surface area contributed by atoms with E-state index < -0.39 is 7.79 Å². The lowest BCUT2D eigenvalue weighted by molar-refractivity contribution is -0.176. The fourth-order valence-electron chi connectivity index (χ4n) is 4.56. The minimum atomic E-state index is -3.13. The first-order valence-electron chi connectivity index (χ1n) is 9.78. The number of hydrogen-bond donors (Lipinski definition) is 1. The van der Waals surface area contributed by atoms with Gasteiger partial charge in [-0.3, -0.25) is 0 Å². The third-order valence-electron chi connectivity index (χ3n) is 5.87. The monoisotopic (exact) mass is 390 g/mol. The molecule has 3 aromatic carbocycles. The molecule has 28 heavy (non-hydrogen) atoms. The van der Waals surface area contributed by atoms with E-state index in [0.29, 0.717) is 5.30 Å². The average Bonchev–Trinajstić information content (AvgIpc) is 3.32. The van der Waals surface area contributed by atoms with Gasteiger partial charge in [-0.05, 0) is 36.6 Å². The Labute approximate surface area is 166 Å². The molecule has 2 aliphatic rings. The molecule has 2 aliphatic heterocycles. The normalized spacial score (nSPS) is 24.5. The van der Waals surface area contributed by atoms with Crippen LogP contribution in [-0.4, -0.2) is 28.9 Å². The van der Waals surface area contributed by atoms with Gasteiger partial charge in [-0.2, -0.15) is 4.67 Å². The molecule has 3 aromatic rings. The van der Waals surface area contributed by atoms with Crippen molar-refractivity contribution in [3.8, 4) is 16.9 Å². The zero-order valence-electron chi connectivity index (χ0n) is 15.6. The van der Waals surface area contributed by atoms with Crippen molar-refractivity contribution in [2.45, 2.75) is 18.9 Å². The molecule has 4 nitrogen and oxygen atoms in total. The van der Waals surface area contributed by atoms with Crippen LogP contribution < -0.4 is 14.9 Å². The van der Waals surface area contributed by atoms with Gasteiger partial charge in [0.2, 0.25) is 0 Å². The van der Waals surface area contributed by atoms with E-state index >= 15 is 0 Å². The molecule has 1 unspecified atom stereocenters. The molecule has 2 heterocycles. The smallest absolute Gasteiger partial charge is 0.172 e. The molecule has 0 radical (unpaired) electrons. The summed E-state index contributed by atoms with van der Waals surface area (Å²) in [5.74, 6) is 0.130. The lowest BCUT2D eigenvalue weighted by Crippen LogP contribution is -2.41. The van der Waals surface area contributed by atoms with Gasteiger partial charge in [0.15, 0.2) is 18.8 Å². The van der Waals surface area contributed by atoms with Gasteiger partial charge in [-0.1, -0.05) is 60.7 Å². The van der Waals surface area contributed by atoms with Gasteiger partial charge in [0, 0.05) is 12.1 Å². The van der Waals surface area contributed by atoms with Gasteiger partial charge in [0.1, 0.15) is 0 Å². The molecule has 142 valence electrons. The topological polar surface area (TPSA) is 49.8 Å². The summed E-state index contributed by atoms with van der Waals surface area (Å²) >= 11 is 0. The zero-order valence-corrected chi connectivity index (χ0v) is 16.5. The third kappa shape index (κ3) is 2.64. The first-order chi connectivity index (χ1) is 13.7. The number of phenols is 1. The highest BCUT2D eigenvalue weighted by Crippen LogP contribution is 2.66. The van der Waals surface area contributed by atoms with Crippen molar-refractivity contribution in [3.05, 3.63) is 78.9 Å². The van der Waals surface area contributed by atoms with Gasteiger partial charge in [-0.15, -0.1) is 0 Å². The molecule has 2 saturated heterocycles. The molecule has 0 aromatic heterocycles. The van der Waals surface area contributed by atoms with Crippen molar-refractivity contribution in [1.82, 2.24) is 4.67 Å². The summed E-state index contributed by atoms with van der Waals surface area (Å²) in [6.45, 7) is 1.54. The number of phenolic OH excluding ortho intramolecular Hbond substituents is 1. The highest BCUT2D eigenvalue weighted by Gasteiger charge is 2.57. The molecule has 0 aliphatic carbocycles. The van der Waals surface area contributed by atoms with Crippen LogP contribution in [-0.2, 0) is 0 Å². The van der Waals surface area contributed by atoms with Gasteiger partial charge >= 0.3 is 0 Å². The average molecular weight is 390 g/mol. The largest absolute Gasteiger partial charge is 0.642 e. The Morgan fingerprint density at radius 1 is 0.893 bits per heavy atom. The van der Waals surface area contributed by atoms with Gasteiger partial charge in [0.05, 0.1) is 18.3 Å². The molecular weight excluding hydrogens is 367 g/mol. The maximum atomic E-state index is 14.7. The Kier molecular flexibility index (Phi) is 4.36. The van der Waals surface area contributed by atoms with Crippen molar-refractivity contribution >= 4 is 18.8 Å². The Hall–Kier alpha value is -2.39. The number of hydrogen-bond acceptors (Lipinski definition) is 4. The summed E-state index contributed by atoms with van der Waals surface area (Å²) in [7, 11) is -3.13. The lowest BCUT2D eigenvalue weighted by atomic mass is 10.1. The highest BCUT2D eigenvalue weighted by atomic mass is 31.2. The fourth-order valence-corrected chi connectivity index (χ4v) is 7.95. The molecule has 0 saturated carbocycles. The Balaban J connectivity index is 1.67. The van der Waals surface area contributed by atoms with Crippen LogP contribution in [0.2, 0.25) is 0 Å². The van der Waals surface area contributed by atoms with E-state index in [2.05, 4.69) is 4.67 Å². The zero-order chi connectivity index (χ0) is 19.1. The minimum absolute atomic E-state index is 0.130. The number of benzene rings is 3. The number of anilines is 1. The maximum absolute atomic E-state index is 14.7. The lowest BCUT2D eigenvalue weighted by Gasteiger charge is -2.40. The van der Waals surface area contributed by atoms with Gasteiger partial charge in [0.25, 0.3) is 0 Å². The molecule has 5 heteroatoms. The molecule has 0 bridgehead atoms. The Morgan fingerprint density at radius 3 is 2.36 bits per heavy atom. The molecule has 0 spiro atoms. The summed E-state index contributed by atoms with van der Waals surface area (Å²) in [6, 6.07) is 25.6. The van der Waals surface area contributed by atoms with E-state index in [9.17, 15) is 10.00 Å². The van der Waals surface area contributed by atoms with Crippen LogP contribution in [0.3, 0.4) is 0 Å². The van der Waals surface area contributed by atoms with Gasteiger partial charge in [-0.25, -0.2) is 4.67 Å². The second-order valence-electron chi connectivity index (χ2n) is 7.46. The van der Waals surface area contributed by atoms with E-state index in [1.54, 1.807) is 0 Å². The first kappa shape index (κ1) is 17.7. The summed E-state index contributed by atoms with van der Waals surface area (Å²) in [6.07, 6.45) is 2.10. The first-order valence-corrected chi connectivity index (χ1v) is 11.4. The van der Waals surface area contributed by atoms with Crippen LogP contribution >= 0.6 is 7.79 Å². The predicted octanol–water partition coefficient (Wildman–Crippen LogP) is 3.79. The van der Waals surface area contributed by atoms with Crippen LogP contribution in [0.25, 0.3) is 11.1 Å². The summed E-state index contributed by atoms with van der Waals surface area (Å²) in [4.78, 5) is 14.7. The quantitative estimate of drug-likeness (QED) is 0.692. The number of aromatic hydroxyl groups is 1. The van der Waals surface area contributed by atoms with E-state index in [1.807, 2.05) is 83.5 Å². The molecule has 2 fully saturated rings. The van der Waals surface area contributed by atoms with Crippen molar-refractivity contribution in [2.24, 2.45) is 0 Å². The highest BCUT2D eigenvalue weighted by molar-refractivity contribution is 7.76. The third-order valence-corrected chi connectivity index (χ3v) is 9.13.